The molecule has 0 spiro atoms. The summed E-state index contributed by atoms with van der Waals surface area (Å²) in [5.74, 6) is 0.496. The van der Waals surface area contributed by atoms with Gasteiger partial charge in [0.2, 0.25) is 0 Å². The summed E-state index contributed by atoms with van der Waals surface area (Å²) in [6.45, 7) is 6.05. The number of aryl methyl sites for hydroxylation is 1. The van der Waals surface area contributed by atoms with Crippen molar-refractivity contribution in [2.24, 2.45) is 11.7 Å². The van der Waals surface area contributed by atoms with Crippen molar-refractivity contribution < 1.29 is 14.3 Å². The van der Waals surface area contributed by atoms with E-state index >= 15 is 0 Å². The molecule has 0 bridgehead atoms. The maximum absolute atomic E-state index is 12.4. The minimum Gasteiger partial charge on any atom is -0.483 e. The van der Waals surface area contributed by atoms with Crippen LogP contribution in [0.5, 0.6) is 5.75 Å². The number of thiophene rings is 1. The van der Waals surface area contributed by atoms with E-state index in [0.717, 1.165) is 40.8 Å². The summed E-state index contributed by atoms with van der Waals surface area (Å²) in [6, 6.07) is 5.74. The number of amides is 2. The molecule has 0 aliphatic heterocycles. The maximum atomic E-state index is 12.4. The number of fused-ring (bicyclic) bond motifs is 1. The standard InChI is InChI=1S/C20H24N2O3S/c1-11-7-8-14-16(9-11)26-20(18(14)19(21)24)22-17(23)10-25-15-6-4-5-12(2)13(15)3/h4-6,11H,7-10H2,1-3H3,(H2,21,24)(H,22,23)/t11-/m1/s1. The molecule has 138 valence electrons. The lowest BCUT2D eigenvalue weighted by molar-refractivity contribution is -0.118. The van der Waals surface area contributed by atoms with Crippen molar-refractivity contribution in [3.8, 4) is 5.75 Å². The van der Waals surface area contributed by atoms with Crippen LogP contribution in [0.1, 0.15) is 45.3 Å². The topological polar surface area (TPSA) is 81.4 Å². The van der Waals surface area contributed by atoms with Crippen LogP contribution in [0.15, 0.2) is 18.2 Å². The summed E-state index contributed by atoms with van der Waals surface area (Å²) in [4.78, 5) is 25.4. The largest absolute Gasteiger partial charge is 0.483 e. The quantitative estimate of drug-likeness (QED) is 0.841. The fraction of sp³-hybridized carbons (Fsp3) is 0.400. The first-order valence-corrected chi connectivity index (χ1v) is 9.61. The molecule has 1 heterocycles. The van der Waals surface area contributed by atoms with Gasteiger partial charge in [-0.1, -0.05) is 19.1 Å². The molecule has 1 aliphatic carbocycles. The second-order valence-electron chi connectivity index (χ2n) is 6.96. The molecule has 5 nitrogen and oxygen atoms in total. The van der Waals surface area contributed by atoms with Crippen LogP contribution in [0.25, 0.3) is 0 Å². The van der Waals surface area contributed by atoms with Gasteiger partial charge < -0.3 is 15.8 Å². The highest BCUT2D eigenvalue weighted by molar-refractivity contribution is 7.17. The van der Waals surface area contributed by atoms with Crippen molar-refractivity contribution in [3.63, 3.8) is 0 Å². The average molecular weight is 372 g/mol. The summed E-state index contributed by atoms with van der Waals surface area (Å²) in [5, 5.41) is 3.37. The van der Waals surface area contributed by atoms with Gasteiger partial charge in [0.05, 0.1) is 5.56 Å². The van der Waals surface area contributed by atoms with Crippen LogP contribution < -0.4 is 15.8 Å². The molecule has 6 heteroatoms. The van der Waals surface area contributed by atoms with E-state index in [1.165, 1.54) is 11.3 Å². The molecule has 0 fully saturated rings. The maximum Gasteiger partial charge on any atom is 0.262 e. The van der Waals surface area contributed by atoms with E-state index in [0.29, 0.717) is 22.2 Å². The highest BCUT2D eigenvalue weighted by Gasteiger charge is 2.27. The fourth-order valence-corrected chi connectivity index (χ4v) is 4.72. The third-order valence-corrected chi connectivity index (χ3v) is 6.09. The number of hydrogen-bond acceptors (Lipinski definition) is 4. The van der Waals surface area contributed by atoms with Crippen LogP contribution in [-0.4, -0.2) is 18.4 Å². The second-order valence-corrected chi connectivity index (χ2v) is 8.06. The molecule has 3 N–H and O–H groups in total. The van der Waals surface area contributed by atoms with Gasteiger partial charge in [0, 0.05) is 4.88 Å². The van der Waals surface area contributed by atoms with Gasteiger partial charge in [-0.3, -0.25) is 9.59 Å². The van der Waals surface area contributed by atoms with Crippen LogP contribution in [0.3, 0.4) is 0 Å². The molecule has 26 heavy (non-hydrogen) atoms. The predicted molar refractivity (Wildman–Crippen MR) is 104 cm³/mol. The van der Waals surface area contributed by atoms with Gasteiger partial charge in [0.25, 0.3) is 11.8 Å². The summed E-state index contributed by atoms with van der Waals surface area (Å²) >= 11 is 1.46. The van der Waals surface area contributed by atoms with Crippen molar-refractivity contribution >= 4 is 28.2 Å². The lowest BCUT2D eigenvalue weighted by atomic mass is 9.88. The summed E-state index contributed by atoms with van der Waals surface area (Å²) < 4.78 is 5.65. The number of benzene rings is 1. The lowest BCUT2D eigenvalue weighted by Crippen LogP contribution is -2.23. The highest BCUT2D eigenvalue weighted by atomic mass is 32.1. The van der Waals surface area contributed by atoms with Gasteiger partial charge in [0.1, 0.15) is 10.8 Å². The number of anilines is 1. The summed E-state index contributed by atoms with van der Waals surface area (Å²) in [6.07, 6.45) is 2.79. The number of rotatable bonds is 5. The zero-order valence-electron chi connectivity index (χ0n) is 15.3. The first kappa shape index (κ1) is 18.5. The number of carbonyl (C=O) groups is 2. The smallest absolute Gasteiger partial charge is 0.262 e. The minimum absolute atomic E-state index is 0.110. The fourth-order valence-electron chi connectivity index (χ4n) is 3.29. The average Bonchev–Trinajstić information content (AvgIpc) is 2.93. The van der Waals surface area contributed by atoms with Crippen LogP contribution in [-0.2, 0) is 17.6 Å². The van der Waals surface area contributed by atoms with E-state index in [2.05, 4.69) is 12.2 Å². The van der Waals surface area contributed by atoms with E-state index in [4.69, 9.17) is 10.5 Å². The molecule has 0 radical (unpaired) electrons. The molecule has 2 amide bonds. The molecule has 0 saturated carbocycles. The third-order valence-electron chi connectivity index (χ3n) is 4.92. The Hall–Kier alpha value is -2.34. The number of ether oxygens (including phenoxy) is 1. The molecular weight excluding hydrogens is 348 g/mol. The van der Waals surface area contributed by atoms with Gasteiger partial charge in [-0.25, -0.2) is 0 Å². The van der Waals surface area contributed by atoms with Crippen LogP contribution in [0.4, 0.5) is 5.00 Å². The van der Waals surface area contributed by atoms with Crippen LogP contribution in [0, 0.1) is 19.8 Å². The summed E-state index contributed by atoms with van der Waals surface area (Å²) in [5.41, 5.74) is 9.18. The Kier molecular flexibility index (Phi) is 5.32. The first-order chi connectivity index (χ1) is 12.4. The Labute approximate surface area is 157 Å². The number of primary amides is 1. The minimum atomic E-state index is -0.484. The molecule has 1 atom stereocenters. The molecule has 1 aliphatic rings. The van der Waals surface area contributed by atoms with E-state index in [9.17, 15) is 9.59 Å². The molecule has 2 aromatic rings. The van der Waals surface area contributed by atoms with Gasteiger partial charge in [-0.05, 0) is 61.8 Å². The van der Waals surface area contributed by atoms with Crippen molar-refractivity contribution in [3.05, 3.63) is 45.3 Å². The molecular formula is C20H24N2O3S. The monoisotopic (exact) mass is 372 g/mol. The highest BCUT2D eigenvalue weighted by Crippen LogP contribution is 2.39. The number of nitrogens with one attached hydrogen (secondary N) is 1. The molecule has 0 unspecified atom stereocenters. The summed E-state index contributed by atoms with van der Waals surface area (Å²) in [7, 11) is 0. The molecule has 1 aromatic carbocycles. The lowest BCUT2D eigenvalue weighted by Gasteiger charge is -2.18. The van der Waals surface area contributed by atoms with Gasteiger partial charge >= 0.3 is 0 Å². The SMILES string of the molecule is Cc1cccc(OCC(=O)Nc2sc3c(c2C(N)=O)CC[C@@H](C)C3)c1C. The Morgan fingerprint density at radius 1 is 1.35 bits per heavy atom. The van der Waals surface area contributed by atoms with Crippen molar-refractivity contribution in [1.29, 1.82) is 0 Å². The van der Waals surface area contributed by atoms with Crippen LogP contribution in [0.2, 0.25) is 0 Å². The number of hydrogen-bond donors (Lipinski definition) is 2. The van der Waals surface area contributed by atoms with E-state index in [1.54, 1.807) is 0 Å². The van der Waals surface area contributed by atoms with Gasteiger partial charge in [0.15, 0.2) is 6.61 Å². The molecule has 0 saturated heterocycles. The number of nitrogens with two attached hydrogens (primary N) is 1. The zero-order valence-corrected chi connectivity index (χ0v) is 16.2. The normalized spacial score (nSPS) is 16.0. The van der Waals surface area contributed by atoms with E-state index < -0.39 is 5.91 Å². The Balaban J connectivity index is 1.73. The Morgan fingerprint density at radius 3 is 2.85 bits per heavy atom. The van der Waals surface area contributed by atoms with Crippen molar-refractivity contribution in [2.75, 3.05) is 11.9 Å². The first-order valence-electron chi connectivity index (χ1n) is 8.80. The second kappa shape index (κ2) is 7.50. The number of carbonyl (C=O) groups excluding carboxylic acids is 2. The van der Waals surface area contributed by atoms with Crippen LogP contribution >= 0.6 is 11.3 Å². The van der Waals surface area contributed by atoms with Gasteiger partial charge in [-0.2, -0.15) is 0 Å². The molecule has 3 rings (SSSR count). The Morgan fingerprint density at radius 2 is 2.12 bits per heavy atom. The third kappa shape index (κ3) is 3.75. The zero-order chi connectivity index (χ0) is 18.8. The predicted octanol–water partition coefficient (Wildman–Crippen LogP) is 3.61. The van der Waals surface area contributed by atoms with E-state index in [1.807, 2.05) is 32.0 Å². The molecule has 1 aromatic heterocycles. The van der Waals surface area contributed by atoms with E-state index in [-0.39, 0.29) is 12.5 Å². The van der Waals surface area contributed by atoms with Crippen molar-refractivity contribution in [2.45, 2.75) is 40.0 Å². The van der Waals surface area contributed by atoms with Crippen molar-refractivity contribution in [1.82, 2.24) is 0 Å². The Bertz CT molecular complexity index is 857. The van der Waals surface area contributed by atoms with Gasteiger partial charge in [-0.15, -0.1) is 11.3 Å².